The molecule has 1 aromatic carbocycles. The quantitative estimate of drug-likeness (QED) is 0.931. The second kappa shape index (κ2) is 6.63. The highest BCUT2D eigenvalue weighted by Crippen LogP contribution is 2.25. The number of pyridine rings is 1. The van der Waals surface area contributed by atoms with Gasteiger partial charge in [0.05, 0.1) is 31.4 Å². The molecular weight excluding hydrogens is 320 g/mol. The van der Waals surface area contributed by atoms with Crippen LogP contribution in [0.1, 0.15) is 5.56 Å². The smallest absolute Gasteiger partial charge is 0.0933 e. The van der Waals surface area contributed by atoms with Crippen LogP contribution in [0.15, 0.2) is 34.9 Å². The molecule has 0 saturated carbocycles. The number of halogens is 1. The number of hydrogen-bond donors (Lipinski definition) is 1. The molecule has 2 aromatic rings. The van der Waals surface area contributed by atoms with Gasteiger partial charge in [-0.25, -0.2) is 0 Å². The number of benzene rings is 1. The van der Waals surface area contributed by atoms with Crippen LogP contribution in [-0.2, 0) is 16.0 Å². The van der Waals surface area contributed by atoms with Crippen LogP contribution in [0.25, 0.3) is 10.9 Å². The molecule has 0 aliphatic carbocycles. The molecule has 106 valence electrons. The van der Waals surface area contributed by atoms with Crippen molar-refractivity contribution in [3.8, 4) is 0 Å². The molecule has 2 heterocycles. The number of nitrogens with zero attached hydrogens (tertiary/aromatic N) is 1. The van der Waals surface area contributed by atoms with Crippen molar-refractivity contribution < 1.29 is 9.47 Å². The second-order valence-electron chi connectivity index (χ2n) is 4.80. The van der Waals surface area contributed by atoms with Gasteiger partial charge < -0.3 is 14.8 Å². The lowest BCUT2D eigenvalue weighted by Gasteiger charge is -2.23. The topological polar surface area (TPSA) is 43.4 Å². The minimum atomic E-state index is 0.151. The fourth-order valence-electron chi connectivity index (χ4n) is 2.36. The molecule has 1 aliphatic heterocycles. The minimum Gasteiger partial charge on any atom is -0.376 e. The standard InChI is InChI=1S/C15H17BrN2O2/c16-14-4-3-11(15-13(14)2-1-5-18-15)8-17-9-12-10-19-6-7-20-12/h1-5,12,17H,6-10H2. The van der Waals surface area contributed by atoms with Crippen LogP contribution in [-0.4, -0.2) is 37.5 Å². The lowest BCUT2D eigenvalue weighted by atomic mass is 10.1. The average molecular weight is 337 g/mol. The Balaban J connectivity index is 1.67. The maximum absolute atomic E-state index is 5.61. The van der Waals surface area contributed by atoms with E-state index in [2.05, 4.69) is 44.4 Å². The van der Waals surface area contributed by atoms with Crippen LogP contribution in [0.5, 0.6) is 0 Å². The van der Waals surface area contributed by atoms with Gasteiger partial charge >= 0.3 is 0 Å². The second-order valence-corrected chi connectivity index (χ2v) is 5.66. The molecule has 0 bridgehead atoms. The Kier molecular flexibility index (Phi) is 4.62. The summed E-state index contributed by atoms with van der Waals surface area (Å²) in [6, 6.07) is 8.21. The summed E-state index contributed by atoms with van der Waals surface area (Å²) >= 11 is 3.56. The first kappa shape index (κ1) is 13.9. The third-order valence-corrected chi connectivity index (χ3v) is 4.06. The van der Waals surface area contributed by atoms with Gasteiger partial charge in [0.2, 0.25) is 0 Å². The highest BCUT2D eigenvalue weighted by molar-refractivity contribution is 9.10. The van der Waals surface area contributed by atoms with Crippen molar-refractivity contribution in [2.24, 2.45) is 0 Å². The molecule has 0 radical (unpaired) electrons. The van der Waals surface area contributed by atoms with E-state index < -0.39 is 0 Å². The summed E-state index contributed by atoms with van der Waals surface area (Å²) in [5.74, 6) is 0. The zero-order chi connectivity index (χ0) is 13.8. The van der Waals surface area contributed by atoms with Crippen molar-refractivity contribution in [2.75, 3.05) is 26.4 Å². The molecular formula is C15H17BrN2O2. The number of aromatic nitrogens is 1. The molecule has 5 heteroatoms. The van der Waals surface area contributed by atoms with Gasteiger partial charge in [-0.3, -0.25) is 4.98 Å². The van der Waals surface area contributed by atoms with Crippen LogP contribution >= 0.6 is 15.9 Å². The fraction of sp³-hybridized carbons (Fsp3) is 0.400. The van der Waals surface area contributed by atoms with Gasteiger partial charge in [-0.1, -0.05) is 28.1 Å². The summed E-state index contributed by atoms with van der Waals surface area (Å²) in [6.07, 6.45) is 1.98. The molecule has 4 nitrogen and oxygen atoms in total. The van der Waals surface area contributed by atoms with Gasteiger partial charge in [-0.15, -0.1) is 0 Å². The van der Waals surface area contributed by atoms with Gasteiger partial charge in [-0.2, -0.15) is 0 Å². The SMILES string of the molecule is Brc1ccc(CNCC2COCCO2)c2ncccc12. The molecule has 0 amide bonds. The van der Waals surface area contributed by atoms with Crippen LogP contribution in [0, 0.1) is 0 Å². The number of fused-ring (bicyclic) bond motifs is 1. The Morgan fingerprint density at radius 2 is 2.25 bits per heavy atom. The first-order chi connectivity index (χ1) is 9.84. The van der Waals surface area contributed by atoms with Crippen molar-refractivity contribution in [1.29, 1.82) is 0 Å². The van der Waals surface area contributed by atoms with Gasteiger partial charge in [0.25, 0.3) is 0 Å². The van der Waals surface area contributed by atoms with Crippen LogP contribution in [0.2, 0.25) is 0 Å². The molecule has 1 saturated heterocycles. The zero-order valence-corrected chi connectivity index (χ0v) is 12.7. The third kappa shape index (κ3) is 3.17. The normalized spacial score (nSPS) is 19.4. The maximum atomic E-state index is 5.61. The summed E-state index contributed by atoms with van der Waals surface area (Å²) in [5.41, 5.74) is 2.23. The van der Waals surface area contributed by atoms with Gasteiger partial charge in [0.1, 0.15) is 0 Å². The first-order valence-electron chi connectivity index (χ1n) is 6.77. The predicted octanol–water partition coefficient (Wildman–Crippen LogP) is 2.50. The highest BCUT2D eigenvalue weighted by Gasteiger charge is 2.13. The van der Waals surface area contributed by atoms with Crippen molar-refractivity contribution in [2.45, 2.75) is 12.6 Å². The van der Waals surface area contributed by atoms with E-state index >= 15 is 0 Å². The Hall–Kier alpha value is -1.01. The van der Waals surface area contributed by atoms with Crippen molar-refractivity contribution in [3.05, 3.63) is 40.5 Å². The number of rotatable bonds is 4. The average Bonchev–Trinajstić information content (AvgIpc) is 2.51. The molecule has 1 aliphatic rings. The fourth-order valence-corrected chi connectivity index (χ4v) is 2.81. The number of ether oxygens (including phenoxy) is 2. The predicted molar refractivity (Wildman–Crippen MR) is 81.7 cm³/mol. The Morgan fingerprint density at radius 3 is 3.10 bits per heavy atom. The van der Waals surface area contributed by atoms with Gasteiger partial charge in [-0.05, 0) is 17.7 Å². The van der Waals surface area contributed by atoms with Crippen LogP contribution < -0.4 is 5.32 Å². The largest absolute Gasteiger partial charge is 0.376 e. The lowest BCUT2D eigenvalue weighted by molar-refractivity contribution is -0.0864. The van der Waals surface area contributed by atoms with E-state index in [-0.39, 0.29) is 6.10 Å². The van der Waals surface area contributed by atoms with E-state index in [1.165, 1.54) is 5.56 Å². The first-order valence-corrected chi connectivity index (χ1v) is 7.56. The lowest BCUT2D eigenvalue weighted by Crippen LogP contribution is -2.37. The monoisotopic (exact) mass is 336 g/mol. The Labute approximate surface area is 126 Å². The molecule has 3 rings (SSSR count). The molecule has 20 heavy (non-hydrogen) atoms. The highest BCUT2D eigenvalue weighted by atomic mass is 79.9. The van der Waals surface area contributed by atoms with Crippen molar-refractivity contribution in [3.63, 3.8) is 0 Å². The van der Waals surface area contributed by atoms with Crippen LogP contribution in [0.3, 0.4) is 0 Å². The Bertz CT molecular complexity index is 585. The van der Waals surface area contributed by atoms with Gasteiger partial charge in [0.15, 0.2) is 0 Å². The van der Waals surface area contributed by atoms with E-state index in [9.17, 15) is 0 Å². The third-order valence-electron chi connectivity index (χ3n) is 3.37. The van der Waals surface area contributed by atoms with Crippen LogP contribution in [0.4, 0.5) is 0 Å². The number of hydrogen-bond acceptors (Lipinski definition) is 4. The summed E-state index contributed by atoms with van der Waals surface area (Å²) in [5, 5.41) is 4.57. The van der Waals surface area contributed by atoms with E-state index in [0.29, 0.717) is 19.8 Å². The summed E-state index contributed by atoms with van der Waals surface area (Å²) in [7, 11) is 0. The summed E-state index contributed by atoms with van der Waals surface area (Å²) in [6.45, 7) is 3.64. The molecule has 1 atom stereocenters. The molecule has 1 fully saturated rings. The molecule has 1 unspecified atom stereocenters. The summed E-state index contributed by atoms with van der Waals surface area (Å²) < 4.78 is 12.1. The maximum Gasteiger partial charge on any atom is 0.0933 e. The van der Waals surface area contributed by atoms with Gasteiger partial charge in [0, 0.05) is 29.1 Å². The number of nitrogens with one attached hydrogen (secondary N) is 1. The zero-order valence-electron chi connectivity index (χ0n) is 11.1. The molecule has 1 aromatic heterocycles. The van der Waals surface area contributed by atoms with Crippen molar-refractivity contribution >= 4 is 26.8 Å². The summed E-state index contributed by atoms with van der Waals surface area (Å²) in [4.78, 5) is 4.48. The molecule has 1 N–H and O–H groups in total. The van der Waals surface area contributed by atoms with E-state index in [1.807, 2.05) is 12.3 Å². The van der Waals surface area contributed by atoms with Crippen molar-refractivity contribution in [1.82, 2.24) is 10.3 Å². The molecule has 0 spiro atoms. The van der Waals surface area contributed by atoms with E-state index in [4.69, 9.17) is 9.47 Å². The Morgan fingerprint density at radius 1 is 1.30 bits per heavy atom. The van der Waals surface area contributed by atoms with E-state index in [1.54, 1.807) is 0 Å². The van der Waals surface area contributed by atoms with E-state index in [0.717, 1.165) is 28.5 Å². The minimum absolute atomic E-state index is 0.151.